The van der Waals surface area contributed by atoms with E-state index < -0.39 is 35.6 Å². The zero-order valence-corrected chi connectivity index (χ0v) is 21.4. The van der Waals surface area contributed by atoms with Crippen molar-refractivity contribution < 1.29 is 28.6 Å². The van der Waals surface area contributed by atoms with E-state index in [1.54, 1.807) is 20.8 Å². The molecule has 194 valence electrons. The molecule has 0 aromatic heterocycles. The van der Waals surface area contributed by atoms with Gasteiger partial charge in [0.25, 0.3) is 0 Å². The lowest BCUT2D eigenvalue weighted by Gasteiger charge is -2.27. The maximum absolute atomic E-state index is 13.4. The Labute approximate surface area is 217 Å². The Morgan fingerprint density at radius 2 is 1.11 bits per heavy atom. The van der Waals surface area contributed by atoms with Gasteiger partial charge < -0.3 is 19.5 Å². The molecule has 0 fully saturated rings. The molecule has 0 radical (unpaired) electrons. The first-order valence-corrected chi connectivity index (χ1v) is 12.2. The van der Waals surface area contributed by atoms with E-state index in [-0.39, 0.29) is 19.6 Å². The number of esters is 2. The second kappa shape index (κ2) is 13.3. The van der Waals surface area contributed by atoms with Crippen LogP contribution in [0, 0.1) is 5.92 Å². The van der Waals surface area contributed by atoms with E-state index >= 15 is 0 Å². The number of hydrogen-bond donors (Lipinski definition) is 1. The van der Waals surface area contributed by atoms with Crippen LogP contribution in [0.4, 0.5) is 4.79 Å². The minimum Gasteiger partial charge on any atom is -0.461 e. The summed E-state index contributed by atoms with van der Waals surface area (Å²) < 4.78 is 16.5. The summed E-state index contributed by atoms with van der Waals surface area (Å²) in [4.78, 5) is 39.4. The maximum Gasteiger partial charge on any atom is 0.408 e. The van der Waals surface area contributed by atoms with Gasteiger partial charge in [-0.1, -0.05) is 91.0 Å². The van der Waals surface area contributed by atoms with Crippen LogP contribution >= 0.6 is 0 Å². The second-order valence-corrected chi connectivity index (χ2v) is 9.61. The fraction of sp³-hybridized carbons (Fsp3) is 0.300. The monoisotopic (exact) mass is 503 g/mol. The molecule has 0 bridgehead atoms. The Hall–Kier alpha value is -4.13. The number of amides is 1. The summed E-state index contributed by atoms with van der Waals surface area (Å²) in [6.45, 7) is 5.16. The van der Waals surface area contributed by atoms with Crippen LogP contribution in [0.2, 0.25) is 0 Å². The van der Waals surface area contributed by atoms with E-state index in [9.17, 15) is 14.4 Å². The summed E-state index contributed by atoms with van der Waals surface area (Å²) in [6, 6.07) is 26.3. The molecule has 0 aliphatic heterocycles. The van der Waals surface area contributed by atoms with Crippen LogP contribution < -0.4 is 5.32 Å². The van der Waals surface area contributed by atoms with Crippen LogP contribution in [0.5, 0.6) is 0 Å². The molecule has 0 heterocycles. The quantitative estimate of drug-likeness (QED) is 0.301. The fourth-order valence-corrected chi connectivity index (χ4v) is 3.62. The van der Waals surface area contributed by atoms with Gasteiger partial charge in [0.2, 0.25) is 0 Å². The number of rotatable bonds is 10. The first-order valence-electron chi connectivity index (χ1n) is 12.2. The number of benzene rings is 3. The lowest BCUT2D eigenvalue weighted by atomic mass is 9.92. The van der Waals surface area contributed by atoms with E-state index in [1.807, 2.05) is 91.0 Å². The van der Waals surface area contributed by atoms with Gasteiger partial charge in [-0.2, -0.15) is 0 Å². The van der Waals surface area contributed by atoms with Crippen molar-refractivity contribution in [1.82, 2.24) is 5.32 Å². The highest BCUT2D eigenvalue weighted by Crippen LogP contribution is 2.19. The lowest BCUT2D eigenvalue weighted by molar-refractivity contribution is -0.159. The highest BCUT2D eigenvalue weighted by Gasteiger charge is 2.38. The zero-order chi connectivity index (χ0) is 26.7. The number of nitrogens with one attached hydrogen (secondary N) is 1. The first-order chi connectivity index (χ1) is 17.7. The molecule has 0 aliphatic rings. The standard InChI is InChI=1S/C30H33NO6/c1-30(2,3)37-29(34)31-26(28(33)36-21-24-17-11-6-12-18-24)25(19-22-13-7-4-8-14-22)27(32)35-20-23-15-9-5-10-16-23/h4-18,25-26H,19-21H2,1-3H3,(H,31,34)/t25-,26+/m0/s1. The Bertz CT molecular complexity index is 1140. The number of hydrogen-bond acceptors (Lipinski definition) is 6. The van der Waals surface area contributed by atoms with Crippen molar-refractivity contribution >= 4 is 18.0 Å². The number of carbonyl (C=O) groups excluding carboxylic acids is 3. The van der Waals surface area contributed by atoms with Crippen molar-refractivity contribution in [3.05, 3.63) is 108 Å². The van der Waals surface area contributed by atoms with Gasteiger partial charge >= 0.3 is 18.0 Å². The van der Waals surface area contributed by atoms with Gasteiger partial charge in [0.15, 0.2) is 0 Å². The molecule has 1 N–H and O–H groups in total. The summed E-state index contributed by atoms with van der Waals surface area (Å²) in [5.74, 6) is -2.44. The third-order valence-electron chi connectivity index (χ3n) is 5.38. The minimum atomic E-state index is -1.33. The largest absolute Gasteiger partial charge is 0.461 e. The van der Waals surface area contributed by atoms with Gasteiger partial charge in [0.05, 0.1) is 5.92 Å². The summed E-state index contributed by atoms with van der Waals surface area (Å²) >= 11 is 0. The number of carbonyl (C=O) groups is 3. The van der Waals surface area contributed by atoms with Crippen molar-refractivity contribution in [3.8, 4) is 0 Å². The van der Waals surface area contributed by atoms with Crippen molar-refractivity contribution in [2.75, 3.05) is 0 Å². The molecule has 3 aromatic rings. The third kappa shape index (κ3) is 9.44. The Morgan fingerprint density at radius 1 is 0.676 bits per heavy atom. The molecule has 37 heavy (non-hydrogen) atoms. The van der Waals surface area contributed by atoms with Crippen LogP contribution in [0.1, 0.15) is 37.5 Å². The van der Waals surface area contributed by atoms with Gasteiger partial charge in [-0.05, 0) is 43.9 Å². The molecular formula is C30H33NO6. The number of alkyl carbamates (subject to hydrolysis) is 1. The van der Waals surface area contributed by atoms with Gasteiger partial charge in [0.1, 0.15) is 24.9 Å². The van der Waals surface area contributed by atoms with Gasteiger partial charge in [-0.15, -0.1) is 0 Å². The van der Waals surface area contributed by atoms with Gasteiger partial charge in [-0.25, -0.2) is 9.59 Å². The van der Waals surface area contributed by atoms with Gasteiger partial charge in [-0.3, -0.25) is 4.79 Å². The SMILES string of the molecule is CC(C)(C)OC(=O)N[C@@H](C(=O)OCc1ccccc1)[C@H](Cc1ccccc1)C(=O)OCc1ccccc1. The second-order valence-electron chi connectivity index (χ2n) is 9.61. The summed E-state index contributed by atoms with van der Waals surface area (Å²) in [6.07, 6.45) is -0.682. The van der Waals surface area contributed by atoms with Crippen LogP contribution in [-0.4, -0.2) is 29.7 Å². The maximum atomic E-state index is 13.4. The molecule has 1 amide bonds. The third-order valence-corrected chi connectivity index (χ3v) is 5.38. The normalized spacial score (nSPS) is 12.6. The van der Waals surface area contributed by atoms with E-state index in [1.165, 1.54) is 0 Å². The van der Waals surface area contributed by atoms with Crippen molar-refractivity contribution in [1.29, 1.82) is 0 Å². The van der Waals surface area contributed by atoms with E-state index in [0.29, 0.717) is 0 Å². The highest BCUT2D eigenvalue weighted by atomic mass is 16.6. The summed E-state index contributed by atoms with van der Waals surface area (Å²) in [7, 11) is 0. The average molecular weight is 504 g/mol. The molecular weight excluding hydrogens is 470 g/mol. The molecule has 0 spiro atoms. The molecule has 3 rings (SSSR count). The lowest BCUT2D eigenvalue weighted by Crippen LogP contribution is -2.51. The molecule has 2 atom stereocenters. The molecule has 7 nitrogen and oxygen atoms in total. The highest BCUT2D eigenvalue weighted by molar-refractivity contribution is 5.88. The van der Waals surface area contributed by atoms with Gasteiger partial charge in [0, 0.05) is 0 Å². The van der Waals surface area contributed by atoms with Crippen LogP contribution in [0.25, 0.3) is 0 Å². The predicted octanol–water partition coefficient (Wildman–Crippen LogP) is 5.23. The molecule has 0 saturated heterocycles. The molecule has 7 heteroatoms. The van der Waals surface area contributed by atoms with Crippen LogP contribution in [-0.2, 0) is 43.4 Å². The Balaban J connectivity index is 1.86. The fourth-order valence-electron chi connectivity index (χ4n) is 3.62. The Kier molecular flexibility index (Phi) is 9.84. The van der Waals surface area contributed by atoms with Crippen LogP contribution in [0.3, 0.4) is 0 Å². The summed E-state index contributed by atoms with van der Waals surface area (Å²) in [5, 5.41) is 2.57. The smallest absolute Gasteiger partial charge is 0.408 e. The predicted molar refractivity (Wildman–Crippen MR) is 139 cm³/mol. The Morgan fingerprint density at radius 3 is 1.57 bits per heavy atom. The molecule has 0 aliphatic carbocycles. The van der Waals surface area contributed by atoms with E-state index in [4.69, 9.17) is 14.2 Å². The zero-order valence-electron chi connectivity index (χ0n) is 21.4. The topological polar surface area (TPSA) is 90.9 Å². The van der Waals surface area contributed by atoms with E-state index in [0.717, 1.165) is 16.7 Å². The van der Waals surface area contributed by atoms with Crippen molar-refractivity contribution in [2.45, 2.75) is 52.0 Å². The van der Waals surface area contributed by atoms with Crippen LogP contribution in [0.15, 0.2) is 91.0 Å². The van der Waals surface area contributed by atoms with Crippen molar-refractivity contribution in [2.24, 2.45) is 5.92 Å². The minimum absolute atomic E-state index is 0.0106. The molecule has 0 saturated carbocycles. The molecule has 3 aromatic carbocycles. The number of ether oxygens (including phenoxy) is 3. The average Bonchev–Trinajstić information content (AvgIpc) is 2.88. The van der Waals surface area contributed by atoms with E-state index in [2.05, 4.69) is 5.32 Å². The summed E-state index contributed by atoms with van der Waals surface area (Å²) in [5.41, 5.74) is 1.58. The first kappa shape index (κ1) is 27.5. The van der Waals surface area contributed by atoms with Crippen molar-refractivity contribution in [3.63, 3.8) is 0 Å². The molecule has 0 unspecified atom stereocenters.